The molecule has 2 rings (SSSR count). The first-order valence-corrected chi connectivity index (χ1v) is 10.7. The Balaban J connectivity index is 1.72. The molecule has 0 bridgehead atoms. The number of nitrogens with one attached hydrogen (secondary N) is 1. The van der Waals surface area contributed by atoms with Gasteiger partial charge >= 0.3 is 0 Å². The van der Waals surface area contributed by atoms with E-state index in [4.69, 9.17) is 0 Å². The van der Waals surface area contributed by atoms with E-state index in [0.29, 0.717) is 25.0 Å². The third kappa shape index (κ3) is 4.90. The molecule has 1 heterocycles. The number of thioether (sulfide) groups is 1. The van der Waals surface area contributed by atoms with Crippen molar-refractivity contribution in [2.24, 2.45) is 5.92 Å². The van der Waals surface area contributed by atoms with Crippen molar-refractivity contribution in [1.82, 2.24) is 9.62 Å². The highest BCUT2D eigenvalue weighted by atomic mass is 32.2. The Morgan fingerprint density at radius 2 is 2.10 bits per heavy atom. The minimum Gasteiger partial charge on any atom is -0.314 e. The average Bonchev–Trinajstić information content (AvgIpc) is 2.84. The summed E-state index contributed by atoms with van der Waals surface area (Å²) < 4.78 is 24.9. The van der Waals surface area contributed by atoms with E-state index in [1.54, 1.807) is 4.31 Å². The van der Waals surface area contributed by atoms with Gasteiger partial charge in [-0.3, -0.25) is 0 Å². The van der Waals surface area contributed by atoms with Crippen molar-refractivity contribution in [3.63, 3.8) is 0 Å². The van der Waals surface area contributed by atoms with Crippen LogP contribution in [0.25, 0.3) is 0 Å². The fraction of sp³-hybridized carbons (Fsp3) is 1.00. The number of nitrogens with zero attached hydrogens (tertiary/aromatic N) is 1. The van der Waals surface area contributed by atoms with Crippen molar-refractivity contribution in [1.29, 1.82) is 0 Å². The summed E-state index contributed by atoms with van der Waals surface area (Å²) in [6.45, 7) is 4.60. The molecule has 6 heteroatoms. The van der Waals surface area contributed by atoms with E-state index in [9.17, 15) is 8.42 Å². The minimum absolute atomic E-state index is 0.483. The molecule has 0 aromatic heterocycles. The Bertz CT molecular complexity index is 400. The van der Waals surface area contributed by atoms with Gasteiger partial charge in [-0.15, -0.1) is 0 Å². The maximum Gasteiger partial charge on any atom is 0.211 e. The zero-order chi connectivity index (χ0) is 14.6. The van der Waals surface area contributed by atoms with Gasteiger partial charge in [0.1, 0.15) is 0 Å². The summed E-state index contributed by atoms with van der Waals surface area (Å²) in [6.07, 6.45) is 7.36. The lowest BCUT2D eigenvalue weighted by Crippen LogP contribution is -2.43. The molecule has 2 aliphatic rings. The molecule has 1 N–H and O–H groups in total. The van der Waals surface area contributed by atoms with Gasteiger partial charge in [0.05, 0.1) is 6.26 Å². The molecule has 20 heavy (non-hydrogen) atoms. The molecule has 3 atom stereocenters. The number of hydrogen-bond donors (Lipinski definition) is 1. The van der Waals surface area contributed by atoms with Gasteiger partial charge in [0.25, 0.3) is 0 Å². The Morgan fingerprint density at radius 3 is 2.80 bits per heavy atom. The van der Waals surface area contributed by atoms with Crippen LogP contribution >= 0.6 is 11.8 Å². The second kappa shape index (κ2) is 7.47. The highest BCUT2D eigenvalue weighted by Gasteiger charge is 2.28. The van der Waals surface area contributed by atoms with Gasteiger partial charge in [0, 0.05) is 24.4 Å². The quantitative estimate of drug-likeness (QED) is 0.812. The molecule has 1 aliphatic carbocycles. The summed E-state index contributed by atoms with van der Waals surface area (Å²) in [6, 6.07) is 0.646. The fourth-order valence-electron chi connectivity index (χ4n) is 3.34. The molecule has 2 fully saturated rings. The number of hydrogen-bond acceptors (Lipinski definition) is 4. The highest BCUT2D eigenvalue weighted by Crippen LogP contribution is 2.30. The predicted octanol–water partition coefficient (Wildman–Crippen LogP) is 1.92. The second-order valence-corrected chi connectivity index (χ2v) is 9.68. The first-order chi connectivity index (χ1) is 9.49. The first-order valence-electron chi connectivity index (χ1n) is 7.79. The zero-order valence-electron chi connectivity index (χ0n) is 12.7. The number of sulfonamides is 1. The van der Waals surface area contributed by atoms with E-state index in [-0.39, 0.29) is 0 Å². The van der Waals surface area contributed by atoms with Crippen molar-refractivity contribution >= 4 is 21.8 Å². The molecule has 0 spiro atoms. The van der Waals surface area contributed by atoms with Gasteiger partial charge in [-0.25, -0.2) is 12.7 Å². The van der Waals surface area contributed by atoms with Crippen LogP contribution in [0.1, 0.15) is 39.0 Å². The van der Waals surface area contributed by atoms with Crippen molar-refractivity contribution in [3.8, 4) is 0 Å². The lowest BCUT2D eigenvalue weighted by molar-refractivity contribution is 0.255. The molecule has 3 unspecified atom stereocenters. The van der Waals surface area contributed by atoms with Gasteiger partial charge in [0.15, 0.2) is 0 Å². The second-order valence-electron chi connectivity index (χ2n) is 6.12. The van der Waals surface area contributed by atoms with Crippen LogP contribution in [0, 0.1) is 5.92 Å². The molecule has 1 aliphatic heterocycles. The fourth-order valence-corrected chi connectivity index (χ4v) is 5.43. The molecule has 0 aromatic rings. The van der Waals surface area contributed by atoms with E-state index >= 15 is 0 Å². The Kier molecular flexibility index (Phi) is 6.20. The van der Waals surface area contributed by atoms with Gasteiger partial charge < -0.3 is 5.32 Å². The van der Waals surface area contributed by atoms with Crippen LogP contribution in [0.5, 0.6) is 0 Å². The number of piperidine rings is 1. The molecule has 0 radical (unpaired) electrons. The van der Waals surface area contributed by atoms with Crippen LogP contribution in [0.3, 0.4) is 0 Å². The number of rotatable bonds is 6. The molecular formula is C14H28N2O2S2. The maximum absolute atomic E-state index is 11.6. The zero-order valence-corrected chi connectivity index (χ0v) is 14.3. The van der Waals surface area contributed by atoms with Gasteiger partial charge in [-0.05, 0) is 50.3 Å². The standard InChI is InChI=1S/C14H28N2O2S2/c1-3-19-14-7-6-13(9-14)15-10-12-5-4-8-16(11-12)20(2,17)18/h12-15H,3-11H2,1-2H3. The van der Waals surface area contributed by atoms with E-state index in [0.717, 1.165) is 24.6 Å². The average molecular weight is 321 g/mol. The molecular weight excluding hydrogens is 292 g/mol. The van der Waals surface area contributed by atoms with E-state index in [2.05, 4.69) is 24.0 Å². The highest BCUT2D eigenvalue weighted by molar-refractivity contribution is 7.99. The van der Waals surface area contributed by atoms with E-state index in [1.807, 2.05) is 0 Å². The lowest BCUT2D eigenvalue weighted by Gasteiger charge is -2.31. The van der Waals surface area contributed by atoms with Crippen LogP contribution < -0.4 is 5.32 Å². The van der Waals surface area contributed by atoms with Crippen LogP contribution in [0.2, 0.25) is 0 Å². The molecule has 1 saturated heterocycles. The van der Waals surface area contributed by atoms with Gasteiger partial charge in [-0.2, -0.15) is 11.8 Å². The monoisotopic (exact) mass is 320 g/mol. The third-order valence-electron chi connectivity index (χ3n) is 4.43. The first kappa shape index (κ1) is 16.6. The molecule has 4 nitrogen and oxygen atoms in total. The van der Waals surface area contributed by atoms with Crippen LogP contribution in [-0.4, -0.2) is 55.7 Å². The lowest BCUT2D eigenvalue weighted by atomic mass is 9.99. The summed E-state index contributed by atoms with van der Waals surface area (Å²) in [5.41, 5.74) is 0. The topological polar surface area (TPSA) is 49.4 Å². The Labute approximate surface area is 128 Å². The van der Waals surface area contributed by atoms with Crippen LogP contribution in [-0.2, 0) is 10.0 Å². The van der Waals surface area contributed by atoms with Crippen LogP contribution in [0.4, 0.5) is 0 Å². The molecule has 0 amide bonds. The summed E-state index contributed by atoms with van der Waals surface area (Å²) in [7, 11) is -3.01. The predicted molar refractivity (Wildman–Crippen MR) is 86.7 cm³/mol. The Hall–Kier alpha value is 0.220. The van der Waals surface area contributed by atoms with E-state index in [1.165, 1.54) is 31.3 Å². The molecule has 1 saturated carbocycles. The SMILES string of the molecule is CCSC1CCC(NCC2CCCN(S(C)(=O)=O)C2)C1. The largest absolute Gasteiger partial charge is 0.314 e. The third-order valence-corrected chi connectivity index (χ3v) is 6.94. The normalized spacial score (nSPS) is 32.6. The van der Waals surface area contributed by atoms with E-state index < -0.39 is 10.0 Å². The molecule has 118 valence electrons. The van der Waals surface area contributed by atoms with Gasteiger partial charge in [0.2, 0.25) is 10.0 Å². The maximum atomic E-state index is 11.6. The molecule has 0 aromatic carbocycles. The summed E-state index contributed by atoms with van der Waals surface area (Å²) in [5, 5.41) is 4.51. The van der Waals surface area contributed by atoms with Crippen molar-refractivity contribution < 1.29 is 8.42 Å². The summed E-state index contributed by atoms with van der Waals surface area (Å²) in [4.78, 5) is 0. The van der Waals surface area contributed by atoms with Crippen molar-refractivity contribution in [2.45, 2.75) is 50.3 Å². The van der Waals surface area contributed by atoms with Crippen molar-refractivity contribution in [3.05, 3.63) is 0 Å². The van der Waals surface area contributed by atoms with Gasteiger partial charge in [-0.1, -0.05) is 6.92 Å². The summed E-state index contributed by atoms with van der Waals surface area (Å²) >= 11 is 2.08. The smallest absolute Gasteiger partial charge is 0.211 e. The Morgan fingerprint density at radius 1 is 1.30 bits per heavy atom. The minimum atomic E-state index is -3.01. The van der Waals surface area contributed by atoms with Crippen LogP contribution in [0.15, 0.2) is 0 Å². The summed E-state index contributed by atoms with van der Waals surface area (Å²) in [5.74, 6) is 1.69. The van der Waals surface area contributed by atoms with Crippen molar-refractivity contribution in [2.75, 3.05) is 31.6 Å².